The Labute approximate surface area is 99.8 Å². The van der Waals surface area contributed by atoms with Gasteiger partial charge in [-0.15, -0.1) is 0 Å². The largest absolute Gasteiger partial charge is 0.368 e. The molecule has 0 fully saturated rings. The van der Waals surface area contributed by atoms with Gasteiger partial charge in [0.05, 0.1) is 4.92 Å². The summed E-state index contributed by atoms with van der Waals surface area (Å²) >= 11 is 0. The first kappa shape index (κ1) is 13.1. The molecular formula is C10H17N5O2. The normalized spacial score (nSPS) is 12.2. The number of nitrogens with two attached hydrogens (primary N) is 1. The van der Waals surface area contributed by atoms with Gasteiger partial charge in [-0.1, -0.05) is 13.3 Å². The van der Waals surface area contributed by atoms with E-state index in [1.807, 2.05) is 6.92 Å². The summed E-state index contributed by atoms with van der Waals surface area (Å²) in [7, 11) is 1.77. The van der Waals surface area contributed by atoms with E-state index < -0.39 is 4.92 Å². The molecule has 0 aliphatic heterocycles. The van der Waals surface area contributed by atoms with E-state index in [4.69, 9.17) is 5.73 Å². The second-order valence-electron chi connectivity index (χ2n) is 3.94. The van der Waals surface area contributed by atoms with Crippen LogP contribution in [0.4, 0.5) is 17.5 Å². The molecule has 0 saturated carbocycles. The van der Waals surface area contributed by atoms with Crippen molar-refractivity contribution in [1.29, 1.82) is 0 Å². The number of nitrogens with zero attached hydrogens (tertiary/aromatic N) is 4. The van der Waals surface area contributed by atoms with Gasteiger partial charge >= 0.3 is 5.69 Å². The first-order valence-electron chi connectivity index (χ1n) is 5.47. The average molecular weight is 239 g/mol. The molecule has 0 aliphatic rings. The lowest BCUT2D eigenvalue weighted by molar-refractivity contribution is -0.384. The average Bonchev–Trinajstić information content (AvgIpc) is 2.27. The van der Waals surface area contributed by atoms with Crippen molar-refractivity contribution in [2.75, 3.05) is 17.7 Å². The van der Waals surface area contributed by atoms with Gasteiger partial charge < -0.3 is 10.6 Å². The lowest BCUT2D eigenvalue weighted by Gasteiger charge is -2.25. The third-order valence-corrected chi connectivity index (χ3v) is 2.67. The zero-order valence-corrected chi connectivity index (χ0v) is 10.3. The summed E-state index contributed by atoms with van der Waals surface area (Å²) in [6.07, 6.45) is 3.07. The van der Waals surface area contributed by atoms with Crippen LogP contribution in [0.5, 0.6) is 0 Å². The second kappa shape index (κ2) is 5.42. The predicted molar refractivity (Wildman–Crippen MR) is 65.9 cm³/mol. The molecule has 0 spiro atoms. The molecule has 1 atom stereocenters. The Morgan fingerprint density at radius 3 is 2.82 bits per heavy atom. The molecule has 7 nitrogen and oxygen atoms in total. The van der Waals surface area contributed by atoms with Crippen LogP contribution in [0.3, 0.4) is 0 Å². The van der Waals surface area contributed by atoms with Crippen LogP contribution in [-0.2, 0) is 0 Å². The maximum Gasteiger partial charge on any atom is 0.329 e. The van der Waals surface area contributed by atoms with Crippen molar-refractivity contribution in [1.82, 2.24) is 9.97 Å². The van der Waals surface area contributed by atoms with Crippen LogP contribution in [0, 0.1) is 10.1 Å². The quantitative estimate of drug-likeness (QED) is 0.618. The van der Waals surface area contributed by atoms with Gasteiger partial charge in [-0.3, -0.25) is 10.1 Å². The third kappa shape index (κ3) is 3.02. The summed E-state index contributed by atoms with van der Waals surface area (Å²) in [6.45, 7) is 4.05. The molecule has 1 unspecified atom stereocenters. The number of aromatic nitrogens is 2. The van der Waals surface area contributed by atoms with Gasteiger partial charge in [-0.25, -0.2) is 4.98 Å². The van der Waals surface area contributed by atoms with Gasteiger partial charge in [-0.2, -0.15) is 4.98 Å². The molecule has 17 heavy (non-hydrogen) atoms. The molecule has 1 aromatic heterocycles. The van der Waals surface area contributed by atoms with Crippen LogP contribution >= 0.6 is 0 Å². The Morgan fingerprint density at radius 1 is 1.65 bits per heavy atom. The van der Waals surface area contributed by atoms with Crippen LogP contribution in [0.15, 0.2) is 6.20 Å². The molecule has 0 amide bonds. The maximum absolute atomic E-state index is 10.9. The first-order valence-corrected chi connectivity index (χ1v) is 5.47. The van der Waals surface area contributed by atoms with E-state index >= 15 is 0 Å². The number of hydrogen-bond acceptors (Lipinski definition) is 6. The van der Waals surface area contributed by atoms with Gasteiger partial charge in [0.2, 0.25) is 11.8 Å². The van der Waals surface area contributed by atoms with Crippen molar-refractivity contribution in [3.8, 4) is 0 Å². The SMILES string of the molecule is CCCC(C)N(C)c1nc(N)ncc1[N+](=O)[O-]. The molecule has 7 heteroatoms. The highest BCUT2D eigenvalue weighted by Gasteiger charge is 2.22. The molecular weight excluding hydrogens is 222 g/mol. The third-order valence-electron chi connectivity index (χ3n) is 2.67. The highest BCUT2D eigenvalue weighted by atomic mass is 16.6. The fourth-order valence-electron chi connectivity index (χ4n) is 1.59. The number of rotatable bonds is 5. The van der Waals surface area contributed by atoms with E-state index in [-0.39, 0.29) is 23.5 Å². The van der Waals surface area contributed by atoms with Crippen molar-refractivity contribution in [3.63, 3.8) is 0 Å². The number of nitro groups is 1. The number of nitrogen functional groups attached to an aromatic ring is 1. The van der Waals surface area contributed by atoms with Gasteiger partial charge in [0.25, 0.3) is 0 Å². The van der Waals surface area contributed by atoms with Crippen LogP contribution in [0.25, 0.3) is 0 Å². The van der Waals surface area contributed by atoms with Crippen molar-refractivity contribution < 1.29 is 4.92 Å². The number of hydrogen-bond donors (Lipinski definition) is 1. The summed E-state index contributed by atoms with van der Waals surface area (Å²) in [4.78, 5) is 19.7. The Hall–Kier alpha value is -1.92. The highest BCUT2D eigenvalue weighted by Crippen LogP contribution is 2.26. The summed E-state index contributed by atoms with van der Waals surface area (Å²) in [6, 6.07) is 0.160. The predicted octanol–water partition coefficient (Wildman–Crippen LogP) is 1.59. The number of anilines is 2. The highest BCUT2D eigenvalue weighted by molar-refractivity contribution is 5.58. The van der Waals surface area contributed by atoms with Crippen molar-refractivity contribution in [2.45, 2.75) is 32.7 Å². The molecule has 94 valence electrons. The van der Waals surface area contributed by atoms with Gasteiger partial charge in [0.1, 0.15) is 6.20 Å². The molecule has 0 aliphatic carbocycles. The lowest BCUT2D eigenvalue weighted by Crippen LogP contribution is -2.30. The van der Waals surface area contributed by atoms with Crippen LogP contribution in [0.1, 0.15) is 26.7 Å². The van der Waals surface area contributed by atoms with E-state index in [0.29, 0.717) is 0 Å². The standard InChI is InChI=1S/C10H17N5O2/c1-4-5-7(2)14(3)9-8(15(16)17)6-12-10(11)13-9/h6-7H,4-5H2,1-3H3,(H2,11,12,13). The van der Waals surface area contributed by atoms with Gasteiger partial charge in [0, 0.05) is 13.1 Å². The molecule has 1 aromatic rings. The minimum absolute atomic E-state index is 0.0427. The smallest absolute Gasteiger partial charge is 0.329 e. The van der Waals surface area contributed by atoms with E-state index in [1.165, 1.54) is 0 Å². The molecule has 1 heterocycles. The monoisotopic (exact) mass is 239 g/mol. The van der Waals surface area contributed by atoms with E-state index in [9.17, 15) is 10.1 Å². The molecule has 0 saturated heterocycles. The maximum atomic E-state index is 10.9. The van der Waals surface area contributed by atoms with Gasteiger partial charge in [0.15, 0.2) is 0 Å². The minimum Gasteiger partial charge on any atom is -0.368 e. The van der Waals surface area contributed by atoms with E-state index in [0.717, 1.165) is 19.0 Å². The first-order chi connectivity index (χ1) is 7.97. The summed E-state index contributed by atoms with van der Waals surface area (Å²) in [5.74, 6) is 0.310. The summed E-state index contributed by atoms with van der Waals surface area (Å²) in [5, 5.41) is 10.9. The van der Waals surface area contributed by atoms with Gasteiger partial charge in [-0.05, 0) is 13.3 Å². The Morgan fingerprint density at radius 2 is 2.29 bits per heavy atom. The van der Waals surface area contributed by atoms with Crippen molar-refractivity contribution in [3.05, 3.63) is 16.3 Å². The van der Waals surface area contributed by atoms with Crippen molar-refractivity contribution in [2.24, 2.45) is 0 Å². The molecule has 1 rings (SSSR count). The zero-order chi connectivity index (χ0) is 13.0. The summed E-state index contributed by atoms with van der Waals surface area (Å²) < 4.78 is 0. The fourth-order valence-corrected chi connectivity index (χ4v) is 1.59. The Balaban J connectivity index is 3.10. The van der Waals surface area contributed by atoms with E-state index in [2.05, 4.69) is 16.9 Å². The topological polar surface area (TPSA) is 98.2 Å². The Bertz CT molecular complexity index is 410. The van der Waals surface area contributed by atoms with E-state index in [1.54, 1.807) is 11.9 Å². The lowest BCUT2D eigenvalue weighted by atomic mass is 10.2. The molecule has 0 aromatic carbocycles. The zero-order valence-electron chi connectivity index (χ0n) is 10.3. The second-order valence-corrected chi connectivity index (χ2v) is 3.94. The molecule has 0 bridgehead atoms. The summed E-state index contributed by atoms with van der Waals surface area (Å²) in [5.41, 5.74) is 5.35. The van der Waals surface area contributed by atoms with Crippen molar-refractivity contribution >= 4 is 17.5 Å². The Kier molecular flexibility index (Phi) is 4.19. The fraction of sp³-hybridized carbons (Fsp3) is 0.600. The van der Waals surface area contributed by atoms with Crippen LogP contribution in [0.2, 0.25) is 0 Å². The minimum atomic E-state index is -0.496. The molecule has 2 N–H and O–H groups in total. The van der Waals surface area contributed by atoms with Crippen LogP contribution < -0.4 is 10.6 Å². The molecule has 0 radical (unpaired) electrons. The van der Waals surface area contributed by atoms with Crippen LogP contribution in [-0.4, -0.2) is 28.0 Å².